The molecule has 2 N–H and O–H groups in total. The summed E-state index contributed by atoms with van der Waals surface area (Å²) < 4.78 is 0. The highest BCUT2D eigenvalue weighted by Gasteiger charge is 2.27. The van der Waals surface area contributed by atoms with E-state index < -0.39 is 0 Å². The summed E-state index contributed by atoms with van der Waals surface area (Å²) in [6.07, 6.45) is 2.03. The molecule has 0 bridgehead atoms. The fraction of sp³-hybridized carbons (Fsp3) is 0.227. The number of aromatic amines is 1. The van der Waals surface area contributed by atoms with E-state index in [1.807, 2.05) is 18.2 Å². The van der Waals surface area contributed by atoms with Crippen LogP contribution in [-0.4, -0.2) is 15.9 Å². The van der Waals surface area contributed by atoms with Crippen LogP contribution in [0.15, 0.2) is 59.4 Å². The molecule has 27 heavy (non-hydrogen) atoms. The molecule has 1 aliphatic rings. The Hall–Kier alpha value is -3.21. The number of carbonyl (C=O) groups excluding carboxylic acids is 1. The van der Waals surface area contributed by atoms with Crippen LogP contribution in [0.2, 0.25) is 0 Å². The van der Waals surface area contributed by atoms with Crippen LogP contribution in [0.5, 0.6) is 0 Å². The number of rotatable bonds is 5. The molecule has 1 fully saturated rings. The lowest BCUT2D eigenvalue weighted by molar-refractivity contribution is 0.0945. The van der Waals surface area contributed by atoms with Crippen LogP contribution in [0, 0.1) is 6.92 Å². The van der Waals surface area contributed by atoms with Crippen molar-refractivity contribution in [3.63, 3.8) is 0 Å². The first-order chi connectivity index (χ1) is 13.1. The second kappa shape index (κ2) is 7.19. The number of nitrogens with zero attached hydrogens (tertiary/aromatic N) is 1. The van der Waals surface area contributed by atoms with Crippen molar-refractivity contribution in [2.45, 2.75) is 32.2 Å². The molecule has 5 heteroatoms. The predicted octanol–water partition coefficient (Wildman–Crippen LogP) is 3.55. The van der Waals surface area contributed by atoms with E-state index in [2.05, 4.69) is 52.5 Å². The van der Waals surface area contributed by atoms with Crippen LogP contribution in [0.1, 0.15) is 46.2 Å². The molecule has 5 nitrogen and oxygen atoms in total. The molecule has 1 heterocycles. The van der Waals surface area contributed by atoms with Crippen LogP contribution in [-0.2, 0) is 6.54 Å². The molecule has 1 aliphatic carbocycles. The number of hydrogen-bond acceptors (Lipinski definition) is 3. The van der Waals surface area contributed by atoms with Crippen LogP contribution in [0.4, 0.5) is 0 Å². The average molecular weight is 359 g/mol. The van der Waals surface area contributed by atoms with E-state index in [0.29, 0.717) is 12.4 Å². The molecule has 0 radical (unpaired) electrons. The lowest BCUT2D eigenvalue weighted by Crippen LogP contribution is -2.26. The van der Waals surface area contributed by atoms with Crippen molar-refractivity contribution >= 4 is 5.91 Å². The van der Waals surface area contributed by atoms with Crippen molar-refractivity contribution in [1.29, 1.82) is 0 Å². The summed E-state index contributed by atoms with van der Waals surface area (Å²) in [6, 6.07) is 17.6. The first kappa shape index (κ1) is 17.2. The number of benzene rings is 2. The monoisotopic (exact) mass is 359 g/mol. The summed E-state index contributed by atoms with van der Waals surface area (Å²) in [5, 5.41) is 2.86. The van der Waals surface area contributed by atoms with Gasteiger partial charge in [-0.05, 0) is 42.5 Å². The number of amides is 1. The van der Waals surface area contributed by atoms with E-state index in [1.54, 1.807) is 0 Å². The van der Waals surface area contributed by atoms with Gasteiger partial charge in [-0.25, -0.2) is 4.98 Å². The van der Waals surface area contributed by atoms with E-state index in [1.165, 1.54) is 11.6 Å². The first-order valence-corrected chi connectivity index (χ1v) is 9.14. The van der Waals surface area contributed by atoms with Crippen molar-refractivity contribution in [2.24, 2.45) is 0 Å². The molecular formula is C22H21N3O2. The van der Waals surface area contributed by atoms with Gasteiger partial charge in [-0.1, -0.05) is 48.0 Å². The third-order valence-electron chi connectivity index (χ3n) is 4.69. The largest absolute Gasteiger partial charge is 0.347 e. The fourth-order valence-corrected chi connectivity index (χ4v) is 3.10. The Morgan fingerprint density at radius 2 is 1.85 bits per heavy atom. The van der Waals surface area contributed by atoms with Crippen LogP contribution < -0.4 is 10.9 Å². The Morgan fingerprint density at radius 3 is 2.59 bits per heavy atom. The minimum atomic E-state index is -0.330. The molecule has 0 aliphatic heterocycles. The van der Waals surface area contributed by atoms with Crippen LogP contribution in [0.3, 0.4) is 0 Å². The second-order valence-corrected chi connectivity index (χ2v) is 7.04. The molecule has 0 spiro atoms. The van der Waals surface area contributed by atoms with Gasteiger partial charge in [-0.3, -0.25) is 9.59 Å². The maximum absolute atomic E-state index is 12.4. The molecule has 3 aromatic rings. The summed E-state index contributed by atoms with van der Waals surface area (Å²) in [5.74, 6) is 0.578. The van der Waals surface area contributed by atoms with Gasteiger partial charge in [0.2, 0.25) is 0 Å². The highest BCUT2D eigenvalue weighted by Crippen LogP contribution is 2.37. The molecule has 4 rings (SSSR count). The van der Waals surface area contributed by atoms with Gasteiger partial charge in [0.05, 0.1) is 0 Å². The summed E-state index contributed by atoms with van der Waals surface area (Å²) in [7, 11) is 0. The summed E-state index contributed by atoms with van der Waals surface area (Å²) in [6.45, 7) is 2.45. The maximum Gasteiger partial charge on any atom is 0.270 e. The quantitative estimate of drug-likeness (QED) is 0.731. The highest BCUT2D eigenvalue weighted by molar-refractivity contribution is 5.92. The molecule has 1 aromatic heterocycles. The third kappa shape index (κ3) is 4.14. The molecule has 1 amide bonds. The van der Waals surface area contributed by atoms with Crippen molar-refractivity contribution in [1.82, 2.24) is 15.3 Å². The minimum absolute atomic E-state index is 0.176. The summed E-state index contributed by atoms with van der Waals surface area (Å²) >= 11 is 0. The zero-order valence-corrected chi connectivity index (χ0v) is 15.2. The van der Waals surface area contributed by atoms with Gasteiger partial charge in [0, 0.05) is 18.5 Å². The third-order valence-corrected chi connectivity index (χ3v) is 4.69. The van der Waals surface area contributed by atoms with Crippen LogP contribution >= 0.6 is 0 Å². The lowest BCUT2D eigenvalue weighted by Gasteiger charge is -2.08. The Balaban J connectivity index is 1.48. The van der Waals surface area contributed by atoms with Crippen molar-refractivity contribution in [2.75, 3.05) is 0 Å². The Labute approximate surface area is 157 Å². The number of hydrogen-bond donors (Lipinski definition) is 2. The molecule has 1 saturated carbocycles. The Kier molecular flexibility index (Phi) is 4.59. The van der Waals surface area contributed by atoms with Gasteiger partial charge in [0.1, 0.15) is 11.5 Å². The number of aromatic nitrogens is 2. The fourth-order valence-electron chi connectivity index (χ4n) is 3.10. The molecular weight excluding hydrogens is 338 g/mol. The van der Waals surface area contributed by atoms with Crippen molar-refractivity contribution < 1.29 is 4.79 Å². The van der Waals surface area contributed by atoms with E-state index in [-0.39, 0.29) is 23.1 Å². The number of H-pyrrole nitrogens is 1. The number of nitrogens with one attached hydrogen (secondary N) is 2. The molecule has 2 aromatic carbocycles. The van der Waals surface area contributed by atoms with Gasteiger partial charge in [-0.2, -0.15) is 0 Å². The van der Waals surface area contributed by atoms with Crippen molar-refractivity contribution in [3.05, 3.63) is 87.6 Å². The number of carbonyl (C=O) groups is 1. The zero-order chi connectivity index (χ0) is 18.8. The van der Waals surface area contributed by atoms with E-state index >= 15 is 0 Å². The van der Waals surface area contributed by atoms with E-state index in [0.717, 1.165) is 29.5 Å². The minimum Gasteiger partial charge on any atom is -0.347 e. The predicted molar refractivity (Wildman–Crippen MR) is 105 cm³/mol. The van der Waals surface area contributed by atoms with Gasteiger partial charge in [-0.15, -0.1) is 0 Å². The van der Waals surface area contributed by atoms with Gasteiger partial charge >= 0.3 is 0 Å². The second-order valence-electron chi connectivity index (χ2n) is 7.04. The highest BCUT2D eigenvalue weighted by atomic mass is 16.2. The summed E-state index contributed by atoms with van der Waals surface area (Å²) in [4.78, 5) is 31.3. The molecule has 0 saturated heterocycles. The average Bonchev–Trinajstić information content (AvgIpc) is 3.51. The van der Waals surface area contributed by atoms with Gasteiger partial charge in [0.15, 0.2) is 0 Å². The maximum atomic E-state index is 12.4. The SMILES string of the molecule is Cc1cccc(-c2cccc(CNC(=O)c3cc(=O)[nH]c(C4CC4)n3)c2)c1. The topological polar surface area (TPSA) is 74.8 Å². The van der Waals surface area contributed by atoms with Crippen LogP contribution in [0.25, 0.3) is 11.1 Å². The molecule has 0 unspecified atom stereocenters. The molecule has 136 valence electrons. The summed E-state index contributed by atoms with van der Waals surface area (Å²) in [5.41, 5.74) is 4.35. The van der Waals surface area contributed by atoms with Gasteiger partial charge < -0.3 is 10.3 Å². The normalized spacial score (nSPS) is 13.4. The van der Waals surface area contributed by atoms with Crippen molar-refractivity contribution in [3.8, 4) is 11.1 Å². The lowest BCUT2D eigenvalue weighted by atomic mass is 10.0. The Bertz CT molecular complexity index is 1050. The standard InChI is InChI=1S/C22H21N3O2/c1-14-4-2-6-17(10-14)18-7-3-5-15(11-18)13-23-22(27)19-12-20(26)25-21(24-19)16-8-9-16/h2-7,10-12,16H,8-9,13H2,1H3,(H,23,27)(H,24,25,26). The van der Waals surface area contributed by atoms with Gasteiger partial charge in [0.25, 0.3) is 11.5 Å². The van der Waals surface area contributed by atoms with E-state index in [4.69, 9.17) is 0 Å². The number of aryl methyl sites for hydroxylation is 1. The smallest absolute Gasteiger partial charge is 0.270 e. The molecule has 0 atom stereocenters. The zero-order valence-electron chi connectivity index (χ0n) is 15.2. The first-order valence-electron chi connectivity index (χ1n) is 9.14. The Morgan fingerprint density at radius 1 is 1.11 bits per heavy atom. The van der Waals surface area contributed by atoms with E-state index in [9.17, 15) is 9.59 Å².